The summed E-state index contributed by atoms with van der Waals surface area (Å²) in [4.78, 5) is 0. The Bertz CT molecular complexity index is 298. The summed E-state index contributed by atoms with van der Waals surface area (Å²) in [5.41, 5.74) is 1.65. The summed E-state index contributed by atoms with van der Waals surface area (Å²) >= 11 is 0. The fraction of sp³-hybridized carbons (Fsp3) is 0.500. The topological polar surface area (TPSA) is 12.0 Å². The molecule has 1 fully saturated rings. The van der Waals surface area contributed by atoms with E-state index in [9.17, 15) is 0 Å². The fourth-order valence-electron chi connectivity index (χ4n) is 2.80. The lowest BCUT2D eigenvalue weighted by Crippen LogP contribution is -2.30. The van der Waals surface area contributed by atoms with Crippen LogP contribution in [-0.2, 0) is 0 Å². The monoisotopic (exact) mass is 173 g/mol. The molecule has 0 saturated carbocycles. The number of allylic oxidation sites excluding steroid dienone is 3. The van der Waals surface area contributed by atoms with Crippen molar-refractivity contribution in [3.63, 3.8) is 0 Å². The van der Waals surface area contributed by atoms with Crippen molar-refractivity contribution in [3.05, 3.63) is 36.0 Å². The molecule has 0 radical (unpaired) electrons. The van der Waals surface area contributed by atoms with Gasteiger partial charge in [-0.25, -0.2) is 0 Å². The normalized spacial score (nSPS) is 41.2. The summed E-state index contributed by atoms with van der Waals surface area (Å²) in [5.74, 6) is 0.792. The minimum atomic E-state index is 0.630. The first-order valence-electron chi connectivity index (χ1n) is 5.24. The van der Waals surface area contributed by atoms with Crippen molar-refractivity contribution >= 4 is 0 Å². The zero-order valence-electron chi connectivity index (χ0n) is 7.74. The maximum atomic E-state index is 3.69. The molecule has 3 rings (SSSR count). The smallest absolute Gasteiger partial charge is 0.0326 e. The van der Waals surface area contributed by atoms with Crippen molar-refractivity contribution < 1.29 is 0 Å². The lowest BCUT2D eigenvalue weighted by Gasteiger charge is -2.20. The third-order valence-electron chi connectivity index (χ3n) is 3.44. The van der Waals surface area contributed by atoms with Gasteiger partial charge in [-0.05, 0) is 24.8 Å². The average Bonchev–Trinajstić information content (AvgIpc) is 2.56. The Morgan fingerprint density at radius 1 is 1.31 bits per heavy atom. The molecule has 0 aromatic rings. The highest BCUT2D eigenvalue weighted by Gasteiger charge is 2.37. The molecule has 1 nitrogen and oxygen atoms in total. The Hall–Kier alpha value is -0.820. The molecule has 0 amide bonds. The predicted octanol–water partition coefficient (Wildman–Crippen LogP) is 2.18. The number of hydrogen-bond acceptors (Lipinski definition) is 1. The van der Waals surface area contributed by atoms with Gasteiger partial charge < -0.3 is 5.32 Å². The molecule has 3 atom stereocenters. The molecule has 3 unspecified atom stereocenters. The van der Waals surface area contributed by atoms with E-state index in [2.05, 4.69) is 35.7 Å². The van der Waals surface area contributed by atoms with Gasteiger partial charge in [0.15, 0.2) is 0 Å². The Kier molecular flexibility index (Phi) is 1.66. The molecule has 0 aromatic heterocycles. The quantitative estimate of drug-likeness (QED) is 0.554. The van der Waals surface area contributed by atoms with Crippen LogP contribution in [0.3, 0.4) is 0 Å². The molecule has 3 aliphatic rings. The van der Waals surface area contributed by atoms with Gasteiger partial charge in [-0.15, -0.1) is 0 Å². The fourth-order valence-corrected chi connectivity index (χ4v) is 2.80. The van der Waals surface area contributed by atoms with Gasteiger partial charge in [-0.1, -0.05) is 30.4 Å². The van der Waals surface area contributed by atoms with Gasteiger partial charge in [0, 0.05) is 18.0 Å². The maximum Gasteiger partial charge on any atom is 0.0326 e. The van der Waals surface area contributed by atoms with Crippen LogP contribution in [-0.4, -0.2) is 12.1 Å². The minimum absolute atomic E-state index is 0.630. The first-order valence-corrected chi connectivity index (χ1v) is 5.24. The summed E-state index contributed by atoms with van der Waals surface area (Å²) in [6.45, 7) is 0. The second-order valence-electron chi connectivity index (χ2n) is 4.19. The first-order chi connectivity index (χ1) is 6.45. The standard InChI is InChI=1S/C12H15N/c1-3-7-11-9(5-1)10-6-2-4-8-12(10)13-11/h1,3-5,8,10-13H,2,6-7H2. The Morgan fingerprint density at radius 3 is 3.31 bits per heavy atom. The van der Waals surface area contributed by atoms with Crippen LogP contribution in [0.25, 0.3) is 0 Å². The maximum absolute atomic E-state index is 3.69. The number of rotatable bonds is 0. The third kappa shape index (κ3) is 1.11. The molecule has 0 aromatic carbocycles. The molecular weight excluding hydrogens is 158 g/mol. The number of hydrogen-bond donors (Lipinski definition) is 1. The van der Waals surface area contributed by atoms with Gasteiger partial charge >= 0.3 is 0 Å². The van der Waals surface area contributed by atoms with Gasteiger partial charge in [0.05, 0.1) is 0 Å². The van der Waals surface area contributed by atoms with Crippen LogP contribution in [0.5, 0.6) is 0 Å². The Balaban J connectivity index is 1.94. The van der Waals surface area contributed by atoms with Crippen LogP contribution in [0.1, 0.15) is 19.3 Å². The van der Waals surface area contributed by atoms with E-state index in [1.165, 1.54) is 19.3 Å². The molecule has 0 spiro atoms. The lowest BCUT2D eigenvalue weighted by molar-refractivity contribution is 0.496. The zero-order valence-corrected chi connectivity index (χ0v) is 7.74. The second kappa shape index (κ2) is 2.85. The summed E-state index contributed by atoms with van der Waals surface area (Å²) in [6.07, 6.45) is 15.3. The molecular formula is C12H15N. The molecule has 1 heterocycles. The highest BCUT2D eigenvalue weighted by atomic mass is 15.0. The highest BCUT2D eigenvalue weighted by molar-refractivity contribution is 5.34. The van der Waals surface area contributed by atoms with Crippen LogP contribution in [0.2, 0.25) is 0 Å². The van der Waals surface area contributed by atoms with E-state index in [-0.39, 0.29) is 0 Å². The molecule has 2 aliphatic carbocycles. The summed E-state index contributed by atoms with van der Waals surface area (Å²) in [5, 5.41) is 3.69. The van der Waals surface area contributed by atoms with Gasteiger partial charge in [0.1, 0.15) is 0 Å². The molecule has 1 N–H and O–H groups in total. The van der Waals surface area contributed by atoms with Crippen molar-refractivity contribution in [1.29, 1.82) is 0 Å². The highest BCUT2D eigenvalue weighted by Crippen LogP contribution is 2.36. The van der Waals surface area contributed by atoms with E-state index in [1.807, 2.05) is 0 Å². The van der Waals surface area contributed by atoms with Crippen molar-refractivity contribution in [2.45, 2.75) is 31.3 Å². The molecule has 1 saturated heterocycles. The predicted molar refractivity (Wildman–Crippen MR) is 54.4 cm³/mol. The summed E-state index contributed by atoms with van der Waals surface area (Å²) < 4.78 is 0. The van der Waals surface area contributed by atoms with E-state index in [4.69, 9.17) is 0 Å². The van der Waals surface area contributed by atoms with Crippen LogP contribution < -0.4 is 5.32 Å². The summed E-state index contributed by atoms with van der Waals surface area (Å²) in [6, 6.07) is 1.27. The van der Waals surface area contributed by atoms with E-state index in [0.29, 0.717) is 12.1 Å². The van der Waals surface area contributed by atoms with Crippen molar-refractivity contribution in [1.82, 2.24) is 5.32 Å². The van der Waals surface area contributed by atoms with Gasteiger partial charge in [-0.2, -0.15) is 0 Å². The molecule has 13 heavy (non-hydrogen) atoms. The first kappa shape index (κ1) is 7.57. The Morgan fingerprint density at radius 2 is 2.31 bits per heavy atom. The second-order valence-corrected chi connectivity index (χ2v) is 4.19. The average molecular weight is 173 g/mol. The zero-order chi connectivity index (χ0) is 8.67. The SMILES string of the molecule is C1=CCC2NC3C=CCCC3C2=C1. The van der Waals surface area contributed by atoms with Gasteiger partial charge in [-0.3, -0.25) is 0 Å². The van der Waals surface area contributed by atoms with E-state index in [0.717, 1.165) is 5.92 Å². The van der Waals surface area contributed by atoms with Crippen molar-refractivity contribution in [2.24, 2.45) is 5.92 Å². The summed E-state index contributed by atoms with van der Waals surface area (Å²) in [7, 11) is 0. The van der Waals surface area contributed by atoms with Crippen LogP contribution >= 0.6 is 0 Å². The van der Waals surface area contributed by atoms with Crippen LogP contribution in [0, 0.1) is 5.92 Å². The van der Waals surface area contributed by atoms with Crippen molar-refractivity contribution in [3.8, 4) is 0 Å². The largest absolute Gasteiger partial charge is 0.303 e. The molecule has 1 aliphatic heterocycles. The lowest BCUT2D eigenvalue weighted by atomic mass is 9.84. The number of fused-ring (bicyclic) bond motifs is 3. The minimum Gasteiger partial charge on any atom is -0.303 e. The van der Waals surface area contributed by atoms with Crippen LogP contribution in [0.4, 0.5) is 0 Å². The molecule has 68 valence electrons. The van der Waals surface area contributed by atoms with E-state index in [1.54, 1.807) is 5.57 Å². The molecule has 0 bridgehead atoms. The number of nitrogens with one attached hydrogen (secondary N) is 1. The third-order valence-corrected chi connectivity index (χ3v) is 3.44. The van der Waals surface area contributed by atoms with Crippen molar-refractivity contribution in [2.75, 3.05) is 0 Å². The van der Waals surface area contributed by atoms with Crippen LogP contribution in [0.15, 0.2) is 36.0 Å². The van der Waals surface area contributed by atoms with Gasteiger partial charge in [0.25, 0.3) is 0 Å². The molecule has 1 heteroatoms. The van der Waals surface area contributed by atoms with Gasteiger partial charge in [0.2, 0.25) is 0 Å². The van der Waals surface area contributed by atoms with E-state index < -0.39 is 0 Å². The van der Waals surface area contributed by atoms with E-state index >= 15 is 0 Å². The Labute approximate surface area is 79.2 Å².